The van der Waals surface area contributed by atoms with E-state index in [1.807, 2.05) is 6.07 Å². The number of carbonyl (C=O) groups excluding carboxylic acids is 3. The number of ketones is 2. The van der Waals surface area contributed by atoms with E-state index < -0.39 is 23.5 Å². The second kappa shape index (κ2) is 9.51. The molecule has 1 amide bonds. The number of benzene rings is 2. The highest BCUT2D eigenvalue weighted by Crippen LogP contribution is 2.44. The lowest BCUT2D eigenvalue weighted by atomic mass is 9.95. The van der Waals surface area contributed by atoms with Crippen LogP contribution in [0.5, 0.6) is 5.75 Å². The monoisotopic (exact) mass is 514 g/mol. The van der Waals surface area contributed by atoms with Gasteiger partial charge in [0.1, 0.15) is 17.9 Å². The van der Waals surface area contributed by atoms with Gasteiger partial charge in [-0.15, -0.1) is 0 Å². The minimum atomic E-state index is -1.01. The topological polar surface area (TPSA) is 110 Å². The lowest BCUT2D eigenvalue weighted by molar-refractivity contribution is -0.117. The Kier molecular flexibility index (Phi) is 6.22. The van der Waals surface area contributed by atoms with Crippen LogP contribution in [0.15, 0.2) is 83.0 Å². The Morgan fingerprint density at radius 2 is 1.95 bits per heavy atom. The third-order valence-corrected chi connectivity index (χ3v) is 7.23. The van der Waals surface area contributed by atoms with Crippen LogP contribution in [-0.2, 0) is 4.79 Å². The summed E-state index contributed by atoms with van der Waals surface area (Å²) in [6.45, 7) is 7.04. The highest BCUT2D eigenvalue weighted by atomic mass is 32.1. The predicted molar refractivity (Wildman–Crippen MR) is 139 cm³/mol. The average Bonchev–Trinajstić information content (AvgIpc) is 3.57. The van der Waals surface area contributed by atoms with Crippen molar-refractivity contribution in [3.8, 4) is 5.75 Å². The molecule has 3 heterocycles. The van der Waals surface area contributed by atoms with Crippen LogP contribution in [0.4, 0.5) is 5.13 Å². The van der Waals surface area contributed by atoms with E-state index in [0.29, 0.717) is 39.5 Å². The van der Waals surface area contributed by atoms with Crippen molar-refractivity contribution in [1.82, 2.24) is 4.98 Å². The van der Waals surface area contributed by atoms with Crippen LogP contribution in [0.3, 0.4) is 0 Å². The summed E-state index contributed by atoms with van der Waals surface area (Å²) in [6.07, 6.45) is 1.62. The number of aliphatic hydroxyl groups is 1. The van der Waals surface area contributed by atoms with Gasteiger partial charge in [-0.05, 0) is 36.8 Å². The second-order valence-electron chi connectivity index (χ2n) is 8.45. The number of furan rings is 1. The molecule has 2 aromatic heterocycles. The molecule has 1 atom stereocenters. The maximum atomic E-state index is 13.7. The van der Waals surface area contributed by atoms with Gasteiger partial charge in [0.05, 0.1) is 22.2 Å². The smallest absolute Gasteiger partial charge is 0.296 e. The molecule has 0 radical (unpaired) electrons. The molecule has 2 aromatic carbocycles. The van der Waals surface area contributed by atoms with Gasteiger partial charge in [0.25, 0.3) is 5.91 Å². The summed E-state index contributed by atoms with van der Waals surface area (Å²) in [6, 6.07) is 14.5. The highest BCUT2D eigenvalue weighted by molar-refractivity contribution is 7.17. The summed E-state index contributed by atoms with van der Waals surface area (Å²) in [5.74, 6) is -1.74. The van der Waals surface area contributed by atoms with Crippen LogP contribution in [-0.4, -0.2) is 34.2 Å². The summed E-state index contributed by atoms with van der Waals surface area (Å²) < 4.78 is 11.3. The van der Waals surface area contributed by atoms with Gasteiger partial charge in [0.2, 0.25) is 5.78 Å². The van der Waals surface area contributed by atoms with E-state index in [0.717, 1.165) is 11.3 Å². The first-order valence-corrected chi connectivity index (χ1v) is 12.2. The summed E-state index contributed by atoms with van der Waals surface area (Å²) in [5.41, 5.74) is 1.37. The van der Waals surface area contributed by atoms with Crippen LogP contribution in [0, 0.1) is 6.92 Å². The normalized spacial score (nSPS) is 15.5. The number of aryl methyl sites for hydroxylation is 1. The maximum absolute atomic E-state index is 13.7. The van der Waals surface area contributed by atoms with E-state index in [4.69, 9.17) is 9.15 Å². The Labute approximate surface area is 216 Å². The molecule has 0 saturated carbocycles. The number of amides is 1. The van der Waals surface area contributed by atoms with E-state index >= 15 is 0 Å². The fourth-order valence-corrected chi connectivity index (χ4v) is 5.28. The largest absolute Gasteiger partial charge is 0.503 e. The number of ether oxygens (including phenoxy) is 1. The molecule has 9 heteroatoms. The van der Waals surface area contributed by atoms with Crippen molar-refractivity contribution in [2.24, 2.45) is 0 Å². The fraction of sp³-hybridized carbons (Fsp3) is 0.143. The first kappa shape index (κ1) is 24.2. The molecule has 5 rings (SSSR count). The number of nitrogens with zero attached hydrogens (tertiary/aromatic N) is 2. The van der Waals surface area contributed by atoms with Gasteiger partial charge in [-0.2, -0.15) is 0 Å². The van der Waals surface area contributed by atoms with Gasteiger partial charge in [-0.25, -0.2) is 4.98 Å². The van der Waals surface area contributed by atoms with Crippen molar-refractivity contribution in [1.29, 1.82) is 0 Å². The summed E-state index contributed by atoms with van der Waals surface area (Å²) >= 11 is 1.03. The molecular formula is C28H22N2O6S. The molecule has 8 nitrogen and oxygen atoms in total. The SMILES string of the molecule is C=CCOc1ccc([C@@H]2C(C(=O)c3cc4ccccc4o3)=C(O)C(=O)N2c2nc(C)c(C(C)=O)s2)cc1. The van der Waals surface area contributed by atoms with Crippen LogP contribution in [0.25, 0.3) is 11.0 Å². The molecule has 0 saturated heterocycles. The van der Waals surface area contributed by atoms with Gasteiger partial charge < -0.3 is 14.3 Å². The van der Waals surface area contributed by atoms with Gasteiger partial charge in [-0.3, -0.25) is 19.3 Å². The second-order valence-corrected chi connectivity index (χ2v) is 9.43. The van der Waals surface area contributed by atoms with Crippen molar-refractivity contribution < 1.29 is 28.6 Å². The van der Waals surface area contributed by atoms with Gasteiger partial charge in [0.15, 0.2) is 22.4 Å². The summed E-state index contributed by atoms with van der Waals surface area (Å²) in [4.78, 5) is 45.3. The van der Waals surface area contributed by atoms with Gasteiger partial charge in [0, 0.05) is 12.3 Å². The number of hydrogen-bond donors (Lipinski definition) is 1. The Hall–Kier alpha value is -4.50. The number of thiazole rings is 1. The quantitative estimate of drug-likeness (QED) is 0.236. The Bertz CT molecular complexity index is 1560. The Morgan fingerprint density at radius 3 is 2.59 bits per heavy atom. The maximum Gasteiger partial charge on any atom is 0.296 e. The summed E-state index contributed by atoms with van der Waals surface area (Å²) in [5, 5.41) is 11.9. The zero-order chi connectivity index (χ0) is 26.3. The fourth-order valence-electron chi connectivity index (χ4n) is 4.29. The third kappa shape index (κ3) is 4.23. The molecule has 0 bridgehead atoms. The number of aliphatic hydroxyl groups excluding tert-OH is 1. The number of carbonyl (C=O) groups is 3. The first-order chi connectivity index (χ1) is 17.8. The predicted octanol–water partition coefficient (Wildman–Crippen LogP) is 5.75. The number of Topliss-reactive ketones (excluding diaryl/α,β-unsaturated/α-hetero) is 2. The number of fused-ring (bicyclic) bond motifs is 1. The van der Waals surface area contributed by atoms with Crippen LogP contribution in [0.2, 0.25) is 0 Å². The third-order valence-electron chi connectivity index (χ3n) is 5.98. The van der Waals surface area contributed by atoms with Crippen LogP contribution in [0.1, 0.15) is 44.4 Å². The van der Waals surface area contributed by atoms with Crippen LogP contribution >= 0.6 is 11.3 Å². The minimum absolute atomic E-state index is 0.00641. The summed E-state index contributed by atoms with van der Waals surface area (Å²) in [7, 11) is 0. The highest BCUT2D eigenvalue weighted by Gasteiger charge is 2.46. The van der Waals surface area contributed by atoms with Gasteiger partial charge >= 0.3 is 0 Å². The van der Waals surface area contributed by atoms with E-state index in [1.165, 1.54) is 11.8 Å². The molecule has 0 fully saturated rings. The van der Waals surface area contributed by atoms with E-state index in [2.05, 4.69) is 11.6 Å². The standard InChI is InChI=1S/C28H22N2O6S/c1-4-13-35-19-11-9-17(10-12-19)23-22(24(32)21-14-18-7-5-6-8-20(18)36-21)25(33)27(34)30(23)28-29-15(2)26(37-28)16(3)31/h4-12,14,23,33H,1,13H2,2-3H3/t23-/m1/s1. The van der Waals surface area contributed by atoms with E-state index in [9.17, 15) is 19.5 Å². The average molecular weight is 515 g/mol. The Morgan fingerprint density at radius 1 is 1.22 bits per heavy atom. The number of aromatic nitrogens is 1. The number of anilines is 1. The lowest BCUT2D eigenvalue weighted by Gasteiger charge is -2.24. The zero-order valence-electron chi connectivity index (χ0n) is 20.1. The Balaban J connectivity index is 1.63. The molecular weight excluding hydrogens is 492 g/mol. The molecule has 1 aliphatic heterocycles. The van der Waals surface area contributed by atoms with E-state index in [1.54, 1.807) is 61.5 Å². The molecule has 37 heavy (non-hydrogen) atoms. The van der Waals surface area contributed by atoms with Crippen LogP contribution < -0.4 is 9.64 Å². The first-order valence-electron chi connectivity index (χ1n) is 11.4. The number of hydrogen-bond acceptors (Lipinski definition) is 8. The zero-order valence-corrected chi connectivity index (χ0v) is 20.9. The molecule has 0 unspecified atom stereocenters. The number of rotatable bonds is 8. The lowest BCUT2D eigenvalue weighted by Crippen LogP contribution is -2.31. The molecule has 0 spiro atoms. The molecule has 0 aliphatic carbocycles. The molecule has 186 valence electrons. The molecule has 1 aliphatic rings. The van der Waals surface area contributed by atoms with Crippen molar-refractivity contribution in [2.75, 3.05) is 11.5 Å². The van der Waals surface area contributed by atoms with Crippen molar-refractivity contribution in [3.63, 3.8) is 0 Å². The van der Waals surface area contributed by atoms with Crippen molar-refractivity contribution in [3.05, 3.63) is 100 Å². The van der Waals surface area contributed by atoms with Crippen molar-refractivity contribution >= 4 is 44.9 Å². The van der Waals surface area contributed by atoms with E-state index in [-0.39, 0.29) is 22.2 Å². The minimum Gasteiger partial charge on any atom is -0.503 e. The molecule has 4 aromatic rings. The number of para-hydroxylation sites is 1. The van der Waals surface area contributed by atoms with Crippen molar-refractivity contribution in [2.45, 2.75) is 19.9 Å². The van der Waals surface area contributed by atoms with Gasteiger partial charge in [-0.1, -0.05) is 54.3 Å². The molecule has 1 N–H and O–H groups in total.